The standard InChI is InChI=1S/C24H38O3.C23H38O2.CH4.H2/c1-15(20(25)26-5)17-8-9-18-19-7-6-16-14-21(2)10-12-23(16,4)24(19,27-21)13-11-22(17,18)3;1-15(14-24)17-7-8-18-19-6-5-16-13-20(2)9-11-22(16,4)23(19,25-20)12-10-21(17,18)3;;/h15-19H,6-14H2,1-5H3;15-19,24H,5-14H2,1-4H3;1H4;1H/t15-,16+,17+,18?,19?,21-,22+,23-,24+;15-,16-,17-,18?,19?,20+,21-,22+,23-;;/m01../s1/i;;;1+1. The van der Waals surface area contributed by atoms with Gasteiger partial charge in [-0.1, -0.05) is 49.0 Å². The zero-order chi connectivity index (χ0) is 36.9. The summed E-state index contributed by atoms with van der Waals surface area (Å²) in [6, 6.07) is 0. The molecule has 4 heterocycles. The first kappa shape index (κ1) is 39.2. The third kappa shape index (κ3) is 4.93. The van der Waals surface area contributed by atoms with Crippen molar-refractivity contribution in [2.24, 2.45) is 80.8 Å². The van der Waals surface area contributed by atoms with Crippen LogP contribution in [0.1, 0.15) is 180 Å². The molecule has 0 aromatic carbocycles. The van der Waals surface area contributed by atoms with Gasteiger partial charge in [-0.15, -0.1) is 0 Å². The van der Waals surface area contributed by atoms with E-state index in [1.807, 2.05) is 0 Å². The summed E-state index contributed by atoms with van der Waals surface area (Å²) in [5.74, 6) is 6.38. The van der Waals surface area contributed by atoms with E-state index in [2.05, 4.69) is 55.4 Å². The molecule has 5 nitrogen and oxygen atoms in total. The molecule has 304 valence electrons. The van der Waals surface area contributed by atoms with Gasteiger partial charge in [-0.2, -0.15) is 0 Å². The molecule has 8 aliphatic carbocycles. The molecule has 8 saturated carbocycles. The van der Waals surface area contributed by atoms with E-state index in [9.17, 15) is 9.90 Å². The van der Waals surface area contributed by atoms with Gasteiger partial charge in [0.05, 0.1) is 35.4 Å². The number of methoxy groups -OCH3 is 1. The minimum absolute atomic E-state index is 0. The smallest absolute Gasteiger partial charge is 0.308 e. The van der Waals surface area contributed by atoms with E-state index in [1.54, 1.807) is 7.11 Å². The van der Waals surface area contributed by atoms with Crippen LogP contribution in [-0.4, -0.2) is 47.2 Å². The molecular formula is C48H82O5. The maximum atomic E-state index is 12.3. The average molecular weight is 740 g/mol. The summed E-state index contributed by atoms with van der Waals surface area (Å²) in [5.41, 5.74) is 2.06. The minimum Gasteiger partial charge on any atom is -0.469 e. The summed E-state index contributed by atoms with van der Waals surface area (Å²) in [6.07, 6.45) is 23.6. The summed E-state index contributed by atoms with van der Waals surface area (Å²) in [5, 5.41) is 9.81. The molecule has 12 fully saturated rings. The highest BCUT2D eigenvalue weighted by atomic mass is 16.5. The van der Waals surface area contributed by atoms with Gasteiger partial charge in [-0.3, -0.25) is 4.79 Å². The Labute approximate surface area is 326 Å². The lowest BCUT2D eigenvalue weighted by Gasteiger charge is -2.74. The molecule has 1 N–H and O–H groups in total. The monoisotopic (exact) mass is 740 g/mol. The Kier molecular flexibility index (Phi) is 9.19. The topological polar surface area (TPSA) is 65.0 Å². The van der Waals surface area contributed by atoms with Crippen molar-refractivity contribution in [3.8, 4) is 0 Å². The maximum absolute atomic E-state index is 12.3. The highest BCUT2D eigenvalue weighted by molar-refractivity contribution is 5.72. The molecule has 5 heteroatoms. The van der Waals surface area contributed by atoms with Gasteiger partial charge in [0.1, 0.15) is 0 Å². The quantitative estimate of drug-likeness (QED) is 0.291. The molecule has 18 atom stereocenters. The van der Waals surface area contributed by atoms with E-state index in [-0.39, 0.29) is 48.6 Å². The minimum atomic E-state index is -0.0154. The number of ether oxygens (including phenoxy) is 3. The summed E-state index contributed by atoms with van der Waals surface area (Å²) in [6.45, 7) is 19.8. The van der Waals surface area contributed by atoms with Gasteiger partial charge in [0.25, 0.3) is 0 Å². The largest absolute Gasteiger partial charge is 0.469 e. The summed E-state index contributed by atoms with van der Waals surface area (Å²) in [7, 11) is 1.54. The molecule has 0 radical (unpaired) electrons. The number of esters is 1. The lowest BCUT2D eigenvalue weighted by atomic mass is 9.39. The fraction of sp³-hybridized carbons (Fsp3) is 0.979. The molecular weight excluding hydrogens is 657 g/mol. The molecule has 4 unspecified atom stereocenters. The summed E-state index contributed by atoms with van der Waals surface area (Å²) in [4.78, 5) is 12.3. The van der Waals surface area contributed by atoms with Crippen molar-refractivity contribution in [3.05, 3.63) is 0 Å². The number of aliphatic hydroxyl groups excluding tert-OH is 1. The number of rotatable bonds is 4. The van der Waals surface area contributed by atoms with Crippen LogP contribution >= 0.6 is 0 Å². The summed E-state index contributed by atoms with van der Waals surface area (Å²) < 4.78 is 19.5. The number of hydrogen-bond donors (Lipinski definition) is 1. The molecule has 4 aliphatic heterocycles. The SMILES string of the molecule is C.COC(=O)[C@@H](C)[C@H]1CCC2C3CC[C@@H]4C[C@]5(C)CC[C@]4(C)[C@]3(CC[C@@]21C)O5.C[C@H](CO)[C@H]1CCC2C3CC[C@@H]4C[C@]5(C)CC[C@]4(C)[C@]3(CC[C@@]21C)O5.[2HH]. The number of hydrogen-bond acceptors (Lipinski definition) is 5. The molecule has 2 spiro atoms. The second-order valence-electron chi connectivity index (χ2n) is 23.0. The predicted octanol–water partition coefficient (Wildman–Crippen LogP) is 11.4. The van der Waals surface area contributed by atoms with Gasteiger partial charge >= 0.3 is 5.97 Å². The highest BCUT2D eigenvalue weighted by Crippen LogP contribution is 2.76. The van der Waals surface area contributed by atoms with Gasteiger partial charge in [0, 0.05) is 8.03 Å². The van der Waals surface area contributed by atoms with Crippen molar-refractivity contribution >= 4 is 5.97 Å². The van der Waals surface area contributed by atoms with Crippen LogP contribution in [0.3, 0.4) is 0 Å². The predicted molar refractivity (Wildman–Crippen MR) is 214 cm³/mol. The molecule has 4 saturated heterocycles. The van der Waals surface area contributed by atoms with Crippen LogP contribution in [0.15, 0.2) is 0 Å². The zero-order valence-electron chi connectivity index (χ0n) is 34.8. The fourth-order valence-electron chi connectivity index (χ4n) is 18.5. The molecule has 12 aliphatic rings. The molecule has 0 amide bonds. The normalized spacial score (nSPS) is 57.7. The second kappa shape index (κ2) is 12.4. The van der Waals surface area contributed by atoms with Crippen molar-refractivity contribution in [3.63, 3.8) is 0 Å². The van der Waals surface area contributed by atoms with E-state index in [0.717, 1.165) is 23.7 Å². The average Bonchev–Trinajstić information content (AvgIpc) is 3.64. The third-order valence-electron chi connectivity index (χ3n) is 21.3. The van der Waals surface area contributed by atoms with Crippen molar-refractivity contribution in [2.75, 3.05) is 13.7 Å². The molecule has 0 aromatic heterocycles. The first-order valence-electron chi connectivity index (χ1n) is 22.6. The van der Waals surface area contributed by atoms with E-state index < -0.39 is 0 Å². The van der Waals surface area contributed by atoms with Crippen molar-refractivity contribution in [1.82, 2.24) is 0 Å². The van der Waals surface area contributed by atoms with Gasteiger partial charge < -0.3 is 19.3 Å². The Balaban J connectivity index is 0.000000161. The van der Waals surface area contributed by atoms with E-state index in [0.29, 0.717) is 52.4 Å². The van der Waals surface area contributed by atoms with E-state index in [4.69, 9.17) is 14.2 Å². The van der Waals surface area contributed by atoms with Crippen molar-refractivity contribution in [1.29, 1.82) is 0 Å². The molecule has 53 heavy (non-hydrogen) atoms. The van der Waals surface area contributed by atoms with Gasteiger partial charge in [0.2, 0.25) is 0 Å². The Morgan fingerprint density at radius 2 is 1.08 bits per heavy atom. The van der Waals surface area contributed by atoms with Crippen LogP contribution in [0, 0.1) is 80.8 Å². The fourth-order valence-corrected chi connectivity index (χ4v) is 18.5. The van der Waals surface area contributed by atoms with E-state index in [1.165, 1.54) is 116 Å². The number of aliphatic hydroxyl groups is 1. The van der Waals surface area contributed by atoms with Gasteiger partial charge in [-0.25, -0.2) is 0 Å². The Bertz CT molecular complexity index is 1450. The first-order valence-corrected chi connectivity index (χ1v) is 22.6. The van der Waals surface area contributed by atoms with Gasteiger partial charge in [-0.05, 0) is 204 Å². The number of fused-ring (bicyclic) bond motifs is 6. The van der Waals surface area contributed by atoms with Crippen molar-refractivity contribution in [2.45, 2.75) is 201 Å². The van der Waals surface area contributed by atoms with E-state index >= 15 is 0 Å². The lowest BCUT2D eigenvalue weighted by Crippen LogP contribution is -2.74. The first-order chi connectivity index (χ1) is 24.5. The second-order valence-corrected chi connectivity index (χ2v) is 23.0. The zero-order valence-corrected chi connectivity index (χ0v) is 34.8. The Morgan fingerprint density at radius 1 is 0.642 bits per heavy atom. The number of carbonyl (C=O) groups is 1. The van der Waals surface area contributed by atoms with Crippen LogP contribution in [0.4, 0.5) is 0 Å². The van der Waals surface area contributed by atoms with Gasteiger partial charge in [0.15, 0.2) is 0 Å². The van der Waals surface area contributed by atoms with Crippen LogP contribution in [0.5, 0.6) is 0 Å². The Morgan fingerprint density at radius 3 is 1.53 bits per heavy atom. The van der Waals surface area contributed by atoms with Crippen LogP contribution in [0.25, 0.3) is 0 Å². The summed E-state index contributed by atoms with van der Waals surface area (Å²) >= 11 is 0. The van der Waals surface area contributed by atoms with Crippen LogP contribution in [-0.2, 0) is 19.0 Å². The lowest BCUT2D eigenvalue weighted by molar-refractivity contribution is -0.360. The van der Waals surface area contributed by atoms with Crippen LogP contribution in [0.2, 0.25) is 0 Å². The molecule has 0 aromatic rings. The number of carbonyl (C=O) groups excluding carboxylic acids is 1. The Hall–Kier alpha value is -0.650. The highest BCUT2D eigenvalue weighted by Gasteiger charge is 2.75. The van der Waals surface area contributed by atoms with Crippen LogP contribution < -0.4 is 0 Å². The molecule has 12 rings (SSSR count). The molecule has 8 bridgehead atoms. The third-order valence-corrected chi connectivity index (χ3v) is 21.3. The van der Waals surface area contributed by atoms with Crippen molar-refractivity contribution < 1.29 is 25.5 Å². The maximum Gasteiger partial charge on any atom is 0.308 e.